The second-order valence-corrected chi connectivity index (χ2v) is 7.39. The van der Waals surface area contributed by atoms with Crippen LogP contribution in [0.2, 0.25) is 0 Å². The zero-order chi connectivity index (χ0) is 18.6. The molecule has 0 unspecified atom stereocenters. The lowest BCUT2D eigenvalue weighted by atomic mass is 10.1. The lowest BCUT2D eigenvalue weighted by Crippen LogP contribution is -2.27. The van der Waals surface area contributed by atoms with Crippen molar-refractivity contribution in [3.05, 3.63) is 51.0 Å². The summed E-state index contributed by atoms with van der Waals surface area (Å²) >= 11 is 1.58. The highest BCUT2D eigenvalue weighted by Crippen LogP contribution is 2.23. The number of hydrogen-bond donors (Lipinski definition) is 1. The van der Waals surface area contributed by atoms with Crippen molar-refractivity contribution in [3.8, 4) is 5.75 Å². The molecule has 1 N–H and O–H groups in total. The van der Waals surface area contributed by atoms with Crippen molar-refractivity contribution < 1.29 is 18.7 Å². The van der Waals surface area contributed by atoms with Gasteiger partial charge in [0.25, 0.3) is 0 Å². The molecule has 1 amide bonds. The average Bonchev–Trinajstić information content (AvgIpc) is 2.91. The summed E-state index contributed by atoms with van der Waals surface area (Å²) in [5, 5.41) is 2.79. The van der Waals surface area contributed by atoms with Gasteiger partial charge >= 0.3 is 0 Å². The van der Waals surface area contributed by atoms with Crippen LogP contribution in [0.15, 0.2) is 24.3 Å². The molecule has 0 aliphatic heterocycles. The minimum atomic E-state index is -0.473. The lowest BCUT2D eigenvalue weighted by Gasteiger charge is -2.15. The second kappa shape index (κ2) is 8.25. The predicted molar refractivity (Wildman–Crippen MR) is 96.9 cm³/mol. The number of halogens is 1. The molecule has 1 atom stereocenters. The number of ketones is 1. The van der Waals surface area contributed by atoms with Gasteiger partial charge in [-0.15, -0.1) is 11.3 Å². The highest BCUT2D eigenvalue weighted by molar-refractivity contribution is 7.12. The number of rotatable bonds is 7. The molecule has 134 valence electrons. The third-order valence-corrected chi connectivity index (χ3v) is 4.94. The number of carbonyl (C=O) groups is 2. The number of benzene rings is 1. The van der Waals surface area contributed by atoms with Crippen LogP contribution in [0, 0.1) is 19.7 Å². The van der Waals surface area contributed by atoms with E-state index in [4.69, 9.17) is 4.74 Å². The van der Waals surface area contributed by atoms with Gasteiger partial charge in [-0.25, -0.2) is 4.39 Å². The summed E-state index contributed by atoms with van der Waals surface area (Å²) in [5.41, 5.74) is 1.34. The van der Waals surface area contributed by atoms with Crippen LogP contribution < -0.4 is 10.1 Å². The Morgan fingerprint density at radius 3 is 2.52 bits per heavy atom. The average molecular weight is 363 g/mol. The van der Waals surface area contributed by atoms with E-state index < -0.39 is 5.82 Å². The maximum atomic E-state index is 13.7. The first-order valence-corrected chi connectivity index (χ1v) is 8.86. The molecule has 2 rings (SSSR count). The Labute approximate surface area is 151 Å². The van der Waals surface area contributed by atoms with Gasteiger partial charge in [-0.2, -0.15) is 0 Å². The van der Waals surface area contributed by atoms with Gasteiger partial charge in [-0.1, -0.05) is 6.07 Å². The van der Waals surface area contributed by atoms with Crippen LogP contribution in [0.4, 0.5) is 4.39 Å². The van der Waals surface area contributed by atoms with Gasteiger partial charge < -0.3 is 10.1 Å². The summed E-state index contributed by atoms with van der Waals surface area (Å²) in [6.07, 6.45) is 0.267. The first-order valence-electron chi connectivity index (χ1n) is 8.05. The third kappa shape index (κ3) is 4.89. The lowest BCUT2D eigenvalue weighted by molar-refractivity contribution is -0.121. The first kappa shape index (κ1) is 19.1. The number of Topliss-reactive ketones (excluding diaryl/α,β-unsaturated/α-hetero) is 1. The van der Waals surface area contributed by atoms with E-state index >= 15 is 0 Å². The second-order valence-electron chi connectivity index (χ2n) is 5.93. The smallest absolute Gasteiger partial charge is 0.220 e. The molecule has 0 radical (unpaired) electrons. The van der Waals surface area contributed by atoms with Crippen LogP contribution >= 0.6 is 11.3 Å². The van der Waals surface area contributed by atoms with Gasteiger partial charge in [0.05, 0.1) is 13.2 Å². The van der Waals surface area contributed by atoms with E-state index in [-0.39, 0.29) is 36.3 Å². The summed E-state index contributed by atoms with van der Waals surface area (Å²) in [6, 6.07) is 6.08. The molecule has 0 aliphatic rings. The standard InChI is InChI=1S/C19H22FNO3S/c1-11-9-15(13(3)25-11)17(22)6-8-19(23)21-12(2)14-5-7-18(24-4)16(20)10-14/h5,7,9-10,12H,6,8H2,1-4H3,(H,21,23)/t12-/m1/s1. The summed E-state index contributed by atoms with van der Waals surface area (Å²) in [7, 11) is 1.40. The normalized spacial score (nSPS) is 11.9. The van der Waals surface area contributed by atoms with Crippen LogP contribution in [-0.2, 0) is 4.79 Å². The SMILES string of the molecule is COc1ccc([C@@H](C)NC(=O)CCC(=O)c2cc(C)sc2C)cc1F. The molecule has 1 aromatic carbocycles. The van der Waals surface area contributed by atoms with E-state index in [1.54, 1.807) is 24.3 Å². The number of hydrogen-bond acceptors (Lipinski definition) is 4. The fourth-order valence-corrected chi connectivity index (χ4v) is 3.56. The number of methoxy groups -OCH3 is 1. The summed E-state index contributed by atoms with van der Waals surface area (Å²) in [5.74, 6) is -0.573. The van der Waals surface area contributed by atoms with Crippen molar-refractivity contribution in [2.75, 3.05) is 7.11 Å². The number of ether oxygens (including phenoxy) is 1. The van der Waals surface area contributed by atoms with Gasteiger partial charge in [0.2, 0.25) is 5.91 Å². The Kier molecular flexibility index (Phi) is 6.31. The Bertz CT molecular complexity index is 785. The van der Waals surface area contributed by atoms with E-state index in [1.807, 2.05) is 19.9 Å². The molecule has 0 fully saturated rings. The van der Waals surface area contributed by atoms with Gasteiger partial charge in [0, 0.05) is 28.2 Å². The van der Waals surface area contributed by atoms with E-state index in [0.717, 1.165) is 9.75 Å². The van der Waals surface area contributed by atoms with Crippen molar-refractivity contribution in [1.29, 1.82) is 0 Å². The molecule has 1 heterocycles. The molecular weight excluding hydrogens is 341 g/mol. The molecule has 0 saturated carbocycles. The maximum Gasteiger partial charge on any atom is 0.220 e. The highest BCUT2D eigenvalue weighted by atomic mass is 32.1. The molecule has 1 aromatic heterocycles. The van der Waals surface area contributed by atoms with Crippen LogP contribution in [0.25, 0.3) is 0 Å². The number of nitrogens with one attached hydrogen (secondary N) is 1. The Morgan fingerprint density at radius 2 is 1.96 bits per heavy atom. The summed E-state index contributed by atoms with van der Waals surface area (Å²) < 4.78 is 18.6. The largest absolute Gasteiger partial charge is 0.494 e. The van der Waals surface area contributed by atoms with Crippen molar-refractivity contribution in [2.24, 2.45) is 0 Å². The number of aryl methyl sites for hydroxylation is 2. The zero-order valence-electron chi connectivity index (χ0n) is 14.8. The van der Waals surface area contributed by atoms with Crippen molar-refractivity contribution in [3.63, 3.8) is 0 Å². The molecule has 0 bridgehead atoms. The Hall–Kier alpha value is -2.21. The van der Waals surface area contributed by atoms with Gasteiger partial charge in [-0.3, -0.25) is 9.59 Å². The van der Waals surface area contributed by atoms with Crippen molar-refractivity contribution in [1.82, 2.24) is 5.32 Å². The fourth-order valence-electron chi connectivity index (χ4n) is 2.62. The monoisotopic (exact) mass is 363 g/mol. The molecule has 6 heteroatoms. The number of thiophene rings is 1. The van der Waals surface area contributed by atoms with E-state index in [2.05, 4.69) is 5.32 Å². The van der Waals surface area contributed by atoms with Crippen molar-refractivity contribution in [2.45, 2.75) is 39.7 Å². The maximum absolute atomic E-state index is 13.7. The predicted octanol–water partition coefficient (Wildman–Crippen LogP) is 4.35. The molecule has 25 heavy (non-hydrogen) atoms. The molecule has 0 spiro atoms. The van der Waals surface area contributed by atoms with Crippen molar-refractivity contribution >= 4 is 23.0 Å². The van der Waals surface area contributed by atoms with Gasteiger partial charge in [0.1, 0.15) is 0 Å². The minimum Gasteiger partial charge on any atom is -0.494 e. The molecule has 0 saturated heterocycles. The Morgan fingerprint density at radius 1 is 1.24 bits per heavy atom. The summed E-state index contributed by atoms with van der Waals surface area (Å²) in [4.78, 5) is 26.4. The minimum absolute atomic E-state index is 0.0276. The molecule has 4 nitrogen and oxygen atoms in total. The number of carbonyl (C=O) groups excluding carboxylic acids is 2. The molecule has 0 aliphatic carbocycles. The molecule has 2 aromatic rings. The Balaban J connectivity index is 1.90. The quantitative estimate of drug-likeness (QED) is 0.744. The fraction of sp³-hybridized carbons (Fsp3) is 0.368. The van der Waals surface area contributed by atoms with Crippen LogP contribution in [0.1, 0.15) is 51.5 Å². The van der Waals surface area contributed by atoms with E-state index in [1.165, 1.54) is 19.2 Å². The van der Waals surface area contributed by atoms with Gasteiger partial charge in [0.15, 0.2) is 17.3 Å². The van der Waals surface area contributed by atoms with E-state index in [0.29, 0.717) is 11.1 Å². The zero-order valence-corrected chi connectivity index (χ0v) is 15.6. The topological polar surface area (TPSA) is 55.4 Å². The van der Waals surface area contributed by atoms with Crippen LogP contribution in [-0.4, -0.2) is 18.8 Å². The summed E-state index contributed by atoms with van der Waals surface area (Å²) in [6.45, 7) is 5.63. The highest BCUT2D eigenvalue weighted by Gasteiger charge is 2.16. The first-order chi connectivity index (χ1) is 11.8. The third-order valence-electron chi connectivity index (χ3n) is 3.97. The molecular formula is C19H22FNO3S. The van der Waals surface area contributed by atoms with Crippen LogP contribution in [0.3, 0.4) is 0 Å². The van der Waals surface area contributed by atoms with E-state index in [9.17, 15) is 14.0 Å². The van der Waals surface area contributed by atoms with Crippen LogP contribution in [0.5, 0.6) is 5.75 Å². The van der Waals surface area contributed by atoms with Gasteiger partial charge in [-0.05, 0) is 44.5 Å². The number of amides is 1.